The molecule has 0 saturated carbocycles. The largest absolute Gasteiger partial charge is 0.491 e. The summed E-state index contributed by atoms with van der Waals surface area (Å²) in [5.74, 6) is 0.958. The first-order valence-electron chi connectivity index (χ1n) is 12.5. The van der Waals surface area contributed by atoms with E-state index in [4.69, 9.17) is 19.0 Å². The zero-order valence-corrected chi connectivity index (χ0v) is 21.5. The number of nitrogens with one attached hydrogen (secondary N) is 1. The summed E-state index contributed by atoms with van der Waals surface area (Å²) in [6, 6.07) is 19.4. The van der Waals surface area contributed by atoms with Crippen LogP contribution in [-0.2, 0) is 12.0 Å². The number of hydrogen-bond donors (Lipinski definition) is 4. The highest BCUT2D eigenvalue weighted by atomic mass is 16.6. The van der Waals surface area contributed by atoms with Gasteiger partial charge in [-0.05, 0) is 55.3 Å². The van der Waals surface area contributed by atoms with Crippen molar-refractivity contribution in [3.63, 3.8) is 0 Å². The van der Waals surface area contributed by atoms with Crippen molar-refractivity contribution in [3.05, 3.63) is 94.7 Å². The molecule has 1 aromatic heterocycles. The fourth-order valence-corrected chi connectivity index (χ4v) is 4.72. The van der Waals surface area contributed by atoms with E-state index < -0.39 is 30.3 Å². The molecule has 3 aromatic carbocycles. The van der Waals surface area contributed by atoms with Crippen molar-refractivity contribution in [2.45, 2.75) is 38.0 Å². The lowest BCUT2D eigenvalue weighted by Crippen LogP contribution is -2.34. The van der Waals surface area contributed by atoms with Gasteiger partial charge >= 0.3 is 6.09 Å². The van der Waals surface area contributed by atoms with E-state index in [0.717, 1.165) is 5.56 Å². The summed E-state index contributed by atoms with van der Waals surface area (Å²) in [6.07, 6.45) is -3.19. The Morgan fingerprint density at radius 2 is 1.74 bits per heavy atom. The summed E-state index contributed by atoms with van der Waals surface area (Å²) in [4.78, 5) is 25.9. The van der Waals surface area contributed by atoms with E-state index in [1.54, 1.807) is 36.4 Å². The molecule has 0 radical (unpaired) electrons. The van der Waals surface area contributed by atoms with Gasteiger partial charge in [0.2, 0.25) is 0 Å². The molecule has 9 nitrogen and oxygen atoms in total. The maximum absolute atomic E-state index is 13.6. The van der Waals surface area contributed by atoms with Crippen LogP contribution in [0.15, 0.2) is 71.1 Å². The van der Waals surface area contributed by atoms with Crippen LogP contribution in [0.3, 0.4) is 0 Å². The van der Waals surface area contributed by atoms with Gasteiger partial charge in [-0.25, -0.2) is 4.79 Å². The molecule has 0 fully saturated rings. The van der Waals surface area contributed by atoms with Crippen LogP contribution >= 0.6 is 0 Å². The van der Waals surface area contributed by atoms with Gasteiger partial charge in [-0.15, -0.1) is 0 Å². The van der Waals surface area contributed by atoms with E-state index in [2.05, 4.69) is 5.32 Å². The van der Waals surface area contributed by atoms with E-state index in [-0.39, 0.29) is 18.1 Å². The topological polar surface area (TPSA) is 138 Å². The lowest BCUT2D eigenvalue weighted by Gasteiger charge is -2.31. The molecular weight excluding hydrogens is 502 g/mol. The molecule has 4 aromatic rings. The van der Waals surface area contributed by atoms with Crippen LogP contribution in [0.25, 0.3) is 11.0 Å². The number of rotatable bonds is 8. The molecule has 0 unspecified atom stereocenters. The standard InChI is InChI=1S/C30H29NO8/c1-30(2)22-12-18(37-16-24(34)23(33)15-32)8-10-20(22)27(35)26-21-11-9-19(13-25(21)39-28(26)30)38-29(36)31-14-17-6-4-3-5-7-17/h3-13,23-24,32-34H,14-16H2,1-2H3,(H,31,36)/t23-,24-/m1/s1. The number of benzene rings is 3. The van der Waals surface area contributed by atoms with Crippen LogP contribution in [0.2, 0.25) is 0 Å². The third-order valence-electron chi connectivity index (χ3n) is 6.91. The van der Waals surface area contributed by atoms with Crippen molar-refractivity contribution in [2.24, 2.45) is 0 Å². The predicted molar refractivity (Wildman–Crippen MR) is 142 cm³/mol. The molecule has 0 saturated heterocycles. The van der Waals surface area contributed by atoms with E-state index in [1.807, 2.05) is 44.2 Å². The summed E-state index contributed by atoms with van der Waals surface area (Å²) in [7, 11) is 0. The first-order chi connectivity index (χ1) is 18.7. The Morgan fingerprint density at radius 3 is 2.49 bits per heavy atom. The minimum atomic E-state index is -1.32. The Labute approximate surface area is 224 Å². The summed E-state index contributed by atoms with van der Waals surface area (Å²) in [5.41, 5.74) is 2.29. The summed E-state index contributed by atoms with van der Waals surface area (Å²) < 4.78 is 17.2. The average molecular weight is 532 g/mol. The Morgan fingerprint density at radius 1 is 1.00 bits per heavy atom. The monoisotopic (exact) mass is 531 g/mol. The number of hydrogen-bond acceptors (Lipinski definition) is 8. The van der Waals surface area contributed by atoms with Gasteiger partial charge in [0.05, 0.1) is 12.2 Å². The zero-order chi connectivity index (χ0) is 27.7. The molecule has 4 N–H and O–H groups in total. The second-order valence-electron chi connectivity index (χ2n) is 9.98. The van der Waals surface area contributed by atoms with Crippen LogP contribution in [0.1, 0.15) is 46.7 Å². The number of amides is 1. The Bertz CT molecular complexity index is 1530. The van der Waals surface area contributed by atoms with E-state index in [1.165, 1.54) is 0 Å². The van der Waals surface area contributed by atoms with Crippen LogP contribution in [0.4, 0.5) is 4.79 Å². The minimum absolute atomic E-state index is 0.199. The molecular formula is C30H29NO8. The van der Waals surface area contributed by atoms with Crippen LogP contribution in [-0.4, -0.2) is 52.6 Å². The third-order valence-corrected chi connectivity index (χ3v) is 6.91. The molecule has 0 aliphatic heterocycles. The molecule has 0 spiro atoms. The molecule has 9 heteroatoms. The second-order valence-corrected chi connectivity index (χ2v) is 9.98. The smallest absolute Gasteiger partial charge is 0.412 e. The first-order valence-corrected chi connectivity index (χ1v) is 12.5. The van der Waals surface area contributed by atoms with Crippen molar-refractivity contribution < 1.29 is 38.8 Å². The van der Waals surface area contributed by atoms with Gasteiger partial charge in [-0.2, -0.15) is 0 Å². The number of ketones is 1. The molecule has 39 heavy (non-hydrogen) atoms. The summed E-state index contributed by atoms with van der Waals surface area (Å²) >= 11 is 0. The molecule has 2 atom stereocenters. The fourth-order valence-electron chi connectivity index (χ4n) is 4.72. The second kappa shape index (κ2) is 10.5. The molecule has 5 rings (SSSR count). The van der Waals surface area contributed by atoms with E-state index in [9.17, 15) is 19.8 Å². The molecule has 1 aliphatic carbocycles. The van der Waals surface area contributed by atoms with Crippen LogP contribution in [0, 0.1) is 0 Å². The van der Waals surface area contributed by atoms with Gasteiger partial charge < -0.3 is 34.5 Å². The Kier molecular flexibility index (Phi) is 7.14. The number of fused-ring (bicyclic) bond motifs is 4. The molecule has 1 heterocycles. The van der Waals surface area contributed by atoms with Crippen molar-refractivity contribution in [1.29, 1.82) is 0 Å². The molecule has 1 aliphatic rings. The number of carbonyl (C=O) groups excluding carboxylic acids is 2. The number of carbonyl (C=O) groups is 2. The van der Waals surface area contributed by atoms with Gasteiger partial charge in [0, 0.05) is 29.0 Å². The number of aliphatic hydroxyl groups excluding tert-OH is 3. The minimum Gasteiger partial charge on any atom is -0.491 e. The summed E-state index contributed by atoms with van der Waals surface area (Å²) in [5, 5.41) is 31.8. The van der Waals surface area contributed by atoms with Gasteiger partial charge in [0.1, 0.15) is 41.7 Å². The highest BCUT2D eigenvalue weighted by Crippen LogP contribution is 2.46. The van der Waals surface area contributed by atoms with Gasteiger partial charge in [-0.1, -0.05) is 30.3 Å². The normalized spacial score (nSPS) is 15.3. The van der Waals surface area contributed by atoms with Crippen LogP contribution in [0.5, 0.6) is 11.5 Å². The van der Waals surface area contributed by atoms with Crippen molar-refractivity contribution in [1.82, 2.24) is 5.32 Å². The number of aliphatic hydroxyl groups is 3. The third kappa shape index (κ3) is 5.12. The van der Waals surface area contributed by atoms with E-state index >= 15 is 0 Å². The summed E-state index contributed by atoms with van der Waals surface area (Å²) in [6.45, 7) is 3.37. The quantitative estimate of drug-likeness (QED) is 0.270. The Balaban J connectivity index is 1.38. The average Bonchev–Trinajstić information content (AvgIpc) is 3.34. The van der Waals surface area contributed by atoms with Crippen molar-refractivity contribution in [3.8, 4) is 11.5 Å². The fraction of sp³-hybridized carbons (Fsp3) is 0.267. The van der Waals surface area contributed by atoms with Gasteiger partial charge in [-0.3, -0.25) is 4.79 Å². The van der Waals surface area contributed by atoms with Gasteiger partial charge in [0.15, 0.2) is 5.78 Å². The number of furan rings is 1. The number of ether oxygens (including phenoxy) is 2. The SMILES string of the molecule is CC1(C)c2cc(OC[C@@H](O)[C@H](O)CO)ccc2C(=O)c2c1oc1cc(OC(=O)NCc3ccccc3)ccc21. The Hall–Kier alpha value is -4.18. The van der Waals surface area contributed by atoms with Crippen molar-refractivity contribution in [2.75, 3.05) is 13.2 Å². The predicted octanol–water partition coefficient (Wildman–Crippen LogP) is 3.68. The van der Waals surface area contributed by atoms with Crippen molar-refractivity contribution >= 4 is 22.8 Å². The zero-order valence-electron chi connectivity index (χ0n) is 21.5. The highest BCUT2D eigenvalue weighted by molar-refractivity contribution is 6.19. The lowest BCUT2D eigenvalue weighted by molar-refractivity contribution is -0.0339. The lowest BCUT2D eigenvalue weighted by atomic mass is 9.71. The maximum Gasteiger partial charge on any atom is 0.412 e. The van der Waals surface area contributed by atoms with Gasteiger partial charge in [0.25, 0.3) is 0 Å². The molecule has 1 amide bonds. The van der Waals surface area contributed by atoms with Crippen LogP contribution < -0.4 is 14.8 Å². The molecule has 202 valence electrons. The maximum atomic E-state index is 13.6. The highest BCUT2D eigenvalue weighted by Gasteiger charge is 2.42. The first kappa shape index (κ1) is 26.4. The van der Waals surface area contributed by atoms with E-state index in [0.29, 0.717) is 45.7 Å². The molecule has 0 bridgehead atoms.